The van der Waals surface area contributed by atoms with Gasteiger partial charge in [-0.1, -0.05) is 12.1 Å². The maximum absolute atomic E-state index is 5.64. The lowest BCUT2D eigenvalue weighted by Crippen LogP contribution is -2.04. The number of nitrogen functional groups attached to an aromatic ring is 2. The quantitative estimate of drug-likeness (QED) is 0.644. The maximum Gasteiger partial charge on any atom is 0.223 e. The molecule has 6 nitrogen and oxygen atoms in total. The van der Waals surface area contributed by atoms with E-state index in [0.717, 1.165) is 11.0 Å². The van der Waals surface area contributed by atoms with Gasteiger partial charge >= 0.3 is 0 Å². The molecule has 0 atom stereocenters. The fraction of sp³-hybridized carbons (Fsp3) is 0. The molecule has 0 radical (unpaired) electrons. The summed E-state index contributed by atoms with van der Waals surface area (Å²) in [4.78, 5) is 12.2. The summed E-state index contributed by atoms with van der Waals surface area (Å²) in [5.41, 5.74) is 13.1. The van der Waals surface area contributed by atoms with Crippen molar-refractivity contribution in [3.63, 3.8) is 0 Å². The average molecular weight is 226 g/mol. The van der Waals surface area contributed by atoms with Crippen LogP contribution in [0.4, 0.5) is 11.8 Å². The lowest BCUT2D eigenvalue weighted by atomic mass is 10.3. The second-order valence-electron chi connectivity index (χ2n) is 3.61. The summed E-state index contributed by atoms with van der Waals surface area (Å²) in [5, 5.41) is 0. The van der Waals surface area contributed by atoms with Crippen molar-refractivity contribution in [1.82, 2.24) is 19.5 Å². The fourth-order valence-corrected chi connectivity index (χ4v) is 1.74. The monoisotopic (exact) mass is 226 g/mol. The molecule has 2 aromatic heterocycles. The Hall–Kier alpha value is -2.63. The van der Waals surface area contributed by atoms with E-state index in [1.165, 1.54) is 0 Å². The van der Waals surface area contributed by atoms with Gasteiger partial charge in [-0.15, -0.1) is 0 Å². The minimum atomic E-state index is 0.151. The molecule has 3 aromatic rings. The van der Waals surface area contributed by atoms with Gasteiger partial charge in [-0.2, -0.15) is 9.97 Å². The van der Waals surface area contributed by atoms with Crippen LogP contribution >= 0.6 is 0 Å². The number of rotatable bonds is 1. The molecule has 0 fully saturated rings. The standard InChI is InChI=1S/C11H10N6/c12-9-5-10(16-11(13)15-9)17-6-14-7-3-1-2-4-8(7)17/h1-6H,(H4,12,13,15,16). The molecule has 0 amide bonds. The normalized spacial score (nSPS) is 10.8. The first-order valence-electron chi connectivity index (χ1n) is 5.06. The van der Waals surface area contributed by atoms with Gasteiger partial charge in [-0.3, -0.25) is 4.57 Å². The van der Waals surface area contributed by atoms with Crippen molar-refractivity contribution in [3.8, 4) is 5.82 Å². The van der Waals surface area contributed by atoms with Crippen LogP contribution in [0.15, 0.2) is 36.7 Å². The van der Waals surface area contributed by atoms with Crippen LogP contribution in [0, 0.1) is 0 Å². The second kappa shape index (κ2) is 3.44. The van der Waals surface area contributed by atoms with Crippen molar-refractivity contribution in [2.45, 2.75) is 0 Å². The largest absolute Gasteiger partial charge is 0.383 e. The molecule has 0 saturated carbocycles. The molecule has 0 saturated heterocycles. The van der Waals surface area contributed by atoms with E-state index in [1.807, 2.05) is 28.8 Å². The molecule has 84 valence electrons. The summed E-state index contributed by atoms with van der Waals surface area (Å²) >= 11 is 0. The molecule has 0 spiro atoms. The number of hydrogen-bond donors (Lipinski definition) is 2. The number of aromatic nitrogens is 4. The van der Waals surface area contributed by atoms with Gasteiger partial charge in [-0.05, 0) is 12.1 Å². The number of imidazole rings is 1. The van der Waals surface area contributed by atoms with Gasteiger partial charge in [0.2, 0.25) is 5.95 Å². The number of hydrogen-bond acceptors (Lipinski definition) is 5. The van der Waals surface area contributed by atoms with Gasteiger partial charge in [0.25, 0.3) is 0 Å². The summed E-state index contributed by atoms with van der Waals surface area (Å²) in [5.74, 6) is 1.10. The van der Waals surface area contributed by atoms with E-state index >= 15 is 0 Å². The van der Waals surface area contributed by atoms with Crippen molar-refractivity contribution >= 4 is 22.8 Å². The van der Waals surface area contributed by atoms with Crippen molar-refractivity contribution in [2.24, 2.45) is 0 Å². The van der Waals surface area contributed by atoms with Crippen LogP contribution in [0.25, 0.3) is 16.9 Å². The lowest BCUT2D eigenvalue weighted by Gasteiger charge is -2.04. The number of para-hydroxylation sites is 2. The van der Waals surface area contributed by atoms with Gasteiger partial charge in [0.05, 0.1) is 11.0 Å². The topological polar surface area (TPSA) is 95.6 Å². The first-order valence-corrected chi connectivity index (χ1v) is 5.06. The fourth-order valence-electron chi connectivity index (χ4n) is 1.74. The van der Waals surface area contributed by atoms with Crippen molar-refractivity contribution < 1.29 is 0 Å². The molecular weight excluding hydrogens is 216 g/mol. The van der Waals surface area contributed by atoms with Crippen molar-refractivity contribution in [1.29, 1.82) is 0 Å². The van der Waals surface area contributed by atoms with E-state index in [-0.39, 0.29) is 5.95 Å². The first-order chi connectivity index (χ1) is 8.24. The molecular formula is C11H10N6. The average Bonchev–Trinajstić information content (AvgIpc) is 2.71. The zero-order valence-corrected chi connectivity index (χ0v) is 8.91. The zero-order chi connectivity index (χ0) is 11.8. The molecule has 3 rings (SSSR count). The third-order valence-corrected chi connectivity index (χ3v) is 2.45. The van der Waals surface area contributed by atoms with E-state index in [1.54, 1.807) is 12.4 Å². The molecule has 0 aliphatic heterocycles. The number of nitrogens with zero attached hydrogens (tertiary/aromatic N) is 4. The van der Waals surface area contributed by atoms with Crippen LogP contribution in [0.3, 0.4) is 0 Å². The Labute approximate surface area is 96.9 Å². The Kier molecular flexibility index (Phi) is 1.94. The highest BCUT2D eigenvalue weighted by Crippen LogP contribution is 2.17. The van der Waals surface area contributed by atoms with Crippen LogP contribution in [-0.4, -0.2) is 19.5 Å². The SMILES string of the molecule is Nc1cc(-n2cnc3ccccc32)nc(N)n1. The molecule has 17 heavy (non-hydrogen) atoms. The predicted molar refractivity (Wildman–Crippen MR) is 65.5 cm³/mol. The highest BCUT2D eigenvalue weighted by Gasteiger charge is 2.06. The third kappa shape index (κ3) is 1.55. The third-order valence-electron chi connectivity index (χ3n) is 2.45. The minimum absolute atomic E-state index is 0.151. The molecule has 0 unspecified atom stereocenters. The van der Waals surface area contributed by atoms with Crippen LogP contribution in [0.5, 0.6) is 0 Å². The number of nitrogens with two attached hydrogens (primary N) is 2. The van der Waals surface area contributed by atoms with Crippen LogP contribution < -0.4 is 11.5 Å². The van der Waals surface area contributed by atoms with E-state index in [0.29, 0.717) is 11.6 Å². The van der Waals surface area contributed by atoms with Gasteiger partial charge in [0, 0.05) is 6.07 Å². The Morgan fingerprint density at radius 2 is 1.88 bits per heavy atom. The van der Waals surface area contributed by atoms with E-state index < -0.39 is 0 Å². The van der Waals surface area contributed by atoms with E-state index in [2.05, 4.69) is 15.0 Å². The van der Waals surface area contributed by atoms with Crippen LogP contribution in [0.1, 0.15) is 0 Å². The Balaban J connectivity index is 2.27. The van der Waals surface area contributed by atoms with Gasteiger partial charge in [-0.25, -0.2) is 4.98 Å². The summed E-state index contributed by atoms with van der Waals surface area (Å²) in [6.45, 7) is 0. The molecule has 0 bridgehead atoms. The minimum Gasteiger partial charge on any atom is -0.383 e. The Morgan fingerprint density at radius 3 is 2.71 bits per heavy atom. The Morgan fingerprint density at radius 1 is 1.06 bits per heavy atom. The summed E-state index contributed by atoms with van der Waals surface area (Å²) in [7, 11) is 0. The number of benzene rings is 1. The van der Waals surface area contributed by atoms with Crippen LogP contribution in [0.2, 0.25) is 0 Å². The van der Waals surface area contributed by atoms with Gasteiger partial charge in [0.15, 0.2) is 0 Å². The zero-order valence-electron chi connectivity index (χ0n) is 8.91. The lowest BCUT2D eigenvalue weighted by molar-refractivity contribution is 1.01. The second-order valence-corrected chi connectivity index (χ2v) is 3.61. The van der Waals surface area contributed by atoms with Gasteiger partial charge < -0.3 is 11.5 Å². The van der Waals surface area contributed by atoms with E-state index in [9.17, 15) is 0 Å². The van der Waals surface area contributed by atoms with Gasteiger partial charge in [0.1, 0.15) is 18.0 Å². The van der Waals surface area contributed by atoms with Crippen molar-refractivity contribution in [3.05, 3.63) is 36.7 Å². The number of fused-ring (bicyclic) bond motifs is 1. The molecule has 0 aliphatic rings. The molecule has 2 heterocycles. The molecule has 4 N–H and O–H groups in total. The maximum atomic E-state index is 5.64. The van der Waals surface area contributed by atoms with E-state index in [4.69, 9.17) is 11.5 Å². The number of anilines is 2. The first kappa shape index (κ1) is 9.59. The smallest absolute Gasteiger partial charge is 0.223 e. The summed E-state index contributed by atoms with van der Waals surface area (Å²) in [6.07, 6.45) is 1.69. The molecule has 6 heteroatoms. The highest BCUT2D eigenvalue weighted by molar-refractivity contribution is 5.76. The Bertz CT molecular complexity index is 667. The van der Waals surface area contributed by atoms with Crippen molar-refractivity contribution in [2.75, 3.05) is 11.5 Å². The molecule has 0 aliphatic carbocycles. The molecule has 1 aromatic carbocycles. The highest BCUT2D eigenvalue weighted by atomic mass is 15.2. The summed E-state index contributed by atoms with van der Waals surface area (Å²) < 4.78 is 1.82. The van der Waals surface area contributed by atoms with Crippen LogP contribution in [-0.2, 0) is 0 Å². The summed E-state index contributed by atoms with van der Waals surface area (Å²) in [6, 6.07) is 9.41. The predicted octanol–water partition coefficient (Wildman–Crippen LogP) is 0.980.